The summed E-state index contributed by atoms with van der Waals surface area (Å²) < 4.78 is 0. The molecule has 0 aliphatic heterocycles. The average molecular weight is 931 g/mol. The number of fused-ring (bicyclic) bond motifs is 1. The third-order valence-electron chi connectivity index (χ3n) is 10.3. The zero-order valence-electron chi connectivity index (χ0n) is 38.4. The molecule has 22 nitrogen and oxygen atoms in total. The molecule has 22 heteroatoms. The number of carbonyl (C=O) groups excluding carboxylic acids is 7. The summed E-state index contributed by atoms with van der Waals surface area (Å²) in [4.78, 5) is 100. The molecular weight excluding hydrogens is 865 g/mol. The Morgan fingerprint density at radius 3 is 1.85 bits per heavy atom. The number of nitrogens with two attached hydrogens (primary N) is 5. The van der Waals surface area contributed by atoms with Crippen molar-refractivity contribution < 1.29 is 38.7 Å². The number of hydrogen-bond donors (Lipinski definition) is 13. The van der Waals surface area contributed by atoms with Gasteiger partial charge in [0.2, 0.25) is 35.4 Å². The number of nitrogens with zero attached hydrogens (tertiary/aromatic N) is 2. The molecule has 3 rings (SSSR count). The Hall–Kier alpha value is -7.33. The minimum Gasteiger partial charge on any atom is -0.394 e. The normalized spacial score (nSPS) is 13.1. The average Bonchev–Trinajstić information content (AvgIpc) is 3.28. The number of benzene rings is 3. The number of anilines is 1. The fourth-order valence-corrected chi connectivity index (χ4v) is 6.82. The van der Waals surface area contributed by atoms with Crippen molar-refractivity contribution >= 4 is 69.7 Å². The lowest BCUT2D eigenvalue weighted by molar-refractivity contribution is -0.134. The molecule has 3 aromatic rings. The summed E-state index contributed by atoms with van der Waals surface area (Å²) in [7, 11) is 0. The van der Waals surface area contributed by atoms with Gasteiger partial charge in [-0.3, -0.25) is 43.5 Å². The van der Waals surface area contributed by atoms with E-state index in [1.54, 1.807) is 25.1 Å². The van der Waals surface area contributed by atoms with Gasteiger partial charge in [-0.25, -0.2) is 0 Å². The molecule has 18 N–H and O–H groups in total. The van der Waals surface area contributed by atoms with Gasteiger partial charge in [-0.1, -0.05) is 62.4 Å². The van der Waals surface area contributed by atoms with Crippen LogP contribution in [0, 0.1) is 12.8 Å². The zero-order chi connectivity index (χ0) is 49.6. The monoisotopic (exact) mass is 931 g/mol. The summed E-state index contributed by atoms with van der Waals surface area (Å²) in [5, 5.41) is 29.8. The fourth-order valence-electron chi connectivity index (χ4n) is 6.82. The second kappa shape index (κ2) is 27.2. The summed E-state index contributed by atoms with van der Waals surface area (Å²) >= 11 is 0. The molecule has 0 fully saturated rings. The Morgan fingerprint density at radius 2 is 1.22 bits per heavy atom. The molecule has 0 aliphatic rings. The summed E-state index contributed by atoms with van der Waals surface area (Å²) in [6, 6.07) is 13.4. The maximum Gasteiger partial charge on any atom is 0.252 e. The number of hydrogen-bond acceptors (Lipinski definition) is 11. The highest BCUT2D eigenvalue weighted by atomic mass is 16.3. The molecule has 0 spiro atoms. The van der Waals surface area contributed by atoms with Crippen LogP contribution in [-0.2, 0) is 28.8 Å². The Balaban J connectivity index is 1.63. The fraction of sp³-hybridized carbons (Fsp3) is 0.444. The zero-order valence-corrected chi connectivity index (χ0v) is 38.4. The van der Waals surface area contributed by atoms with Crippen LogP contribution in [0.1, 0.15) is 80.4 Å². The molecule has 0 radical (unpaired) electrons. The van der Waals surface area contributed by atoms with Crippen molar-refractivity contribution in [3.05, 3.63) is 77.4 Å². The van der Waals surface area contributed by atoms with Gasteiger partial charge in [-0.15, -0.1) is 0 Å². The Labute approximate surface area is 389 Å². The molecule has 0 bridgehead atoms. The first kappa shape index (κ1) is 54.0. The van der Waals surface area contributed by atoms with Crippen molar-refractivity contribution in [1.82, 2.24) is 31.9 Å². The van der Waals surface area contributed by atoms with Crippen LogP contribution in [0.5, 0.6) is 0 Å². The number of aryl methyl sites for hydroxylation is 1. The lowest BCUT2D eigenvalue weighted by Gasteiger charge is -2.26. The highest BCUT2D eigenvalue weighted by Crippen LogP contribution is 2.25. The molecule has 0 heterocycles. The third kappa shape index (κ3) is 18.6. The van der Waals surface area contributed by atoms with E-state index in [9.17, 15) is 38.7 Å². The highest BCUT2D eigenvalue weighted by molar-refractivity contribution is 6.00. The molecule has 0 saturated heterocycles. The molecule has 5 atom stereocenters. The van der Waals surface area contributed by atoms with Gasteiger partial charge in [-0.05, 0) is 85.9 Å². The first-order valence-electron chi connectivity index (χ1n) is 21.9. The molecule has 0 aromatic heterocycles. The third-order valence-corrected chi connectivity index (χ3v) is 10.3. The number of amides is 7. The molecular formula is C45H66N14O8. The summed E-state index contributed by atoms with van der Waals surface area (Å²) in [6.07, 6.45) is 0.660. The van der Waals surface area contributed by atoms with Gasteiger partial charge < -0.3 is 71.0 Å². The lowest BCUT2D eigenvalue weighted by atomic mass is 9.99. The number of guanidine groups is 2. The first-order valence-corrected chi connectivity index (χ1v) is 21.9. The minimum atomic E-state index is -1.31. The van der Waals surface area contributed by atoms with E-state index in [1.807, 2.05) is 63.2 Å². The Kier molecular flexibility index (Phi) is 21.9. The van der Waals surface area contributed by atoms with Crippen LogP contribution in [0.15, 0.2) is 70.6 Å². The maximum absolute atomic E-state index is 13.8. The smallest absolute Gasteiger partial charge is 0.252 e. The molecule has 0 saturated carbocycles. The Bertz CT molecular complexity index is 2260. The van der Waals surface area contributed by atoms with E-state index in [0.717, 1.165) is 16.3 Å². The van der Waals surface area contributed by atoms with Crippen LogP contribution < -0.4 is 65.9 Å². The number of nitrogens with one attached hydrogen (secondary N) is 7. The predicted octanol–water partition coefficient (Wildman–Crippen LogP) is -1.26. The van der Waals surface area contributed by atoms with Crippen LogP contribution in [-0.4, -0.2) is 115 Å². The van der Waals surface area contributed by atoms with Crippen molar-refractivity contribution in [2.45, 2.75) is 90.0 Å². The van der Waals surface area contributed by atoms with E-state index >= 15 is 0 Å². The van der Waals surface area contributed by atoms with Gasteiger partial charge in [-0.2, -0.15) is 0 Å². The standard InChI is InChI=1S/C45H66N14O8/c1-25(2)20-36(59-42(66)35(15-9-19-52-45(49)50)57-40(64)33(46)24-60)43(67)58-34(14-8-18-51-44(47)48)41(65)54-22-37(61)53-23-38(62)56-29-17-16-26(3)32(21-29)39(63)55-27(4)30-13-7-11-28-10-5-6-12-31(28)30/h5-7,10-13,16-17,21,25,27,33-36,60H,8-9,14-15,18-20,22-24,46H2,1-4H3,(H,53,61)(H,54,65)(H,55,63)(H,56,62)(H,57,64)(H,58,67)(H,59,66)(H4,47,48,51)(H4,49,50,52)/t27-,33?,34?,35?,36?/m1/s1. The SMILES string of the molecule is Cc1ccc(NC(=O)CNC(=O)CNC(=O)C(CCCN=C(N)N)NC(=O)C(CC(C)C)NC(=O)C(CCCN=C(N)N)NC(=O)C(N)CO)cc1C(=O)N[C@H](C)c1cccc2ccccc12. The van der Waals surface area contributed by atoms with Gasteiger partial charge in [0.25, 0.3) is 5.91 Å². The van der Waals surface area contributed by atoms with Crippen LogP contribution in [0.3, 0.4) is 0 Å². The highest BCUT2D eigenvalue weighted by Gasteiger charge is 2.31. The number of carbonyl (C=O) groups is 7. The molecule has 4 unspecified atom stereocenters. The van der Waals surface area contributed by atoms with Gasteiger partial charge in [0, 0.05) is 24.3 Å². The molecule has 3 aromatic carbocycles. The van der Waals surface area contributed by atoms with Crippen LogP contribution >= 0.6 is 0 Å². The first-order chi connectivity index (χ1) is 31.8. The van der Waals surface area contributed by atoms with Gasteiger partial charge in [0.15, 0.2) is 11.9 Å². The van der Waals surface area contributed by atoms with Gasteiger partial charge >= 0.3 is 0 Å². The summed E-state index contributed by atoms with van der Waals surface area (Å²) in [5.74, 6) is -5.18. The van der Waals surface area contributed by atoms with Crippen molar-refractivity contribution in [3.8, 4) is 0 Å². The van der Waals surface area contributed by atoms with Crippen molar-refractivity contribution in [2.24, 2.45) is 44.6 Å². The molecule has 0 aliphatic carbocycles. The lowest BCUT2D eigenvalue weighted by Crippen LogP contribution is -2.58. The van der Waals surface area contributed by atoms with E-state index in [1.165, 1.54) is 0 Å². The second-order valence-electron chi connectivity index (χ2n) is 16.3. The largest absolute Gasteiger partial charge is 0.394 e. The molecule has 364 valence electrons. The van der Waals surface area contributed by atoms with Crippen LogP contribution in [0.2, 0.25) is 0 Å². The number of aliphatic hydroxyl groups is 1. The van der Waals surface area contributed by atoms with Gasteiger partial charge in [0.05, 0.1) is 25.7 Å². The number of aliphatic imine (C=N–C) groups is 2. The van der Waals surface area contributed by atoms with Gasteiger partial charge in [0.1, 0.15) is 24.2 Å². The topological polar surface area (TPSA) is 379 Å². The second-order valence-corrected chi connectivity index (χ2v) is 16.3. The van der Waals surface area contributed by atoms with E-state index in [2.05, 4.69) is 47.2 Å². The maximum atomic E-state index is 13.8. The molecule has 67 heavy (non-hydrogen) atoms. The van der Waals surface area contributed by atoms with E-state index in [-0.39, 0.29) is 75.0 Å². The van der Waals surface area contributed by atoms with Crippen molar-refractivity contribution in [1.29, 1.82) is 0 Å². The molecule has 7 amide bonds. The van der Waals surface area contributed by atoms with Crippen LogP contribution in [0.4, 0.5) is 5.69 Å². The number of aliphatic hydroxyl groups excluding tert-OH is 1. The van der Waals surface area contributed by atoms with E-state index < -0.39 is 79.3 Å². The predicted molar refractivity (Wildman–Crippen MR) is 256 cm³/mol. The summed E-state index contributed by atoms with van der Waals surface area (Å²) in [5.41, 5.74) is 29.6. The van der Waals surface area contributed by atoms with Crippen molar-refractivity contribution in [3.63, 3.8) is 0 Å². The van der Waals surface area contributed by atoms with E-state index in [4.69, 9.17) is 28.7 Å². The van der Waals surface area contributed by atoms with E-state index in [0.29, 0.717) is 16.8 Å². The Morgan fingerprint density at radius 1 is 0.657 bits per heavy atom. The minimum absolute atomic E-state index is 0.0158. The summed E-state index contributed by atoms with van der Waals surface area (Å²) in [6.45, 7) is 5.81. The van der Waals surface area contributed by atoms with Crippen molar-refractivity contribution in [2.75, 3.05) is 38.1 Å². The van der Waals surface area contributed by atoms with Crippen LogP contribution in [0.25, 0.3) is 10.8 Å². The quantitative estimate of drug-likeness (QED) is 0.0254. The number of rotatable bonds is 26.